The molecule has 1 aromatic rings. The third-order valence-corrected chi connectivity index (χ3v) is 3.99. The molecule has 136 valence electrons. The second kappa shape index (κ2) is 8.50. The largest absolute Gasteiger partial charge is 0.482 e. The topological polar surface area (TPSA) is 76.2 Å². The Balaban J connectivity index is 1.92. The zero-order chi connectivity index (χ0) is 18.4. The Labute approximate surface area is 147 Å². The molecule has 1 aliphatic heterocycles. The Hall–Kier alpha value is -2.57. The molecular formula is C18H24N2O5. The molecule has 0 unspecified atom stereocenters. The molecule has 1 aromatic carbocycles. The SMILES string of the molecule is CCOC(=O)CCN(C)C(=O)CCN1C(=O)COc2ccc(C)cc21. The van der Waals surface area contributed by atoms with Gasteiger partial charge in [-0.2, -0.15) is 0 Å². The number of rotatable bonds is 7. The van der Waals surface area contributed by atoms with Gasteiger partial charge in [0.2, 0.25) is 5.91 Å². The third kappa shape index (κ3) is 4.95. The number of hydrogen-bond donors (Lipinski definition) is 0. The maximum atomic E-state index is 12.2. The molecule has 7 heteroatoms. The van der Waals surface area contributed by atoms with Crippen LogP contribution in [-0.4, -0.2) is 56.0 Å². The van der Waals surface area contributed by atoms with Crippen LogP contribution in [0.25, 0.3) is 0 Å². The summed E-state index contributed by atoms with van der Waals surface area (Å²) in [6.45, 7) is 4.56. The number of carbonyl (C=O) groups excluding carboxylic acids is 3. The number of carbonyl (C=O) groups is 3. The van der Waals surface area contributed by atoms with Crippen LogP contribution >= 0.6 is 0 Å². The van der Waals surface area contributed by atoms with Crippen LogP contribution in [0.2, 0.25) is 0 Å². The van der Waals surface area contributed by atoms with Crippen molar-refractivity contribution >= 4 is 23.5 Å². The minimum absolute atomic E-state index is 0.0249. The van der Waals surface area contributed by atoms with Crippen LogP contribution in [-0.2, 0) is 19.1 Å². The van der Waals surface area contributed by atoms with Crippen molar-refractivity contribution in [3.8, 4) is 5.75 Å². The van der Waals surface area contributed by atoms with Gasteiger partial charge in [0.25, 0.3) is 5.91 Å². The molecule has 0 radical (unpaired) electrons. The van der Waals surface area contributed by atoms with Crippen molar-refractivity contribution in [2.45, 2.75) is 26.7 Å². The van der Waals surface area contributed by atoms with E-state index in [1.165, 1.54) is 4.90 Å². The number of aryl methyl sites for hydroxylation is 1. The molecule has 0 saturated carbocycles. The number of fused-ring (bicyclic) bond motifs is 1. The van der Waals surface area contributed by atoms with Crippen LogP contribution in [0.1, 0.15) is 25.3 Å². The number of anilines is 1. The molecule has 0 aromatic heterocycles. The van der Waals surface area contributed by atoms with Gasteiger partial charge >= 0.3 is 5.97 Å². The average molecular weight is 348 g/mol. The smallest absolute Gasteiger partial charge is 0.307 e. The summed E-state index contributed by atoms with van der Waals surface area (Å²) in [4.78, 5) is 38.8. The summed E-state index contributed by atoms with van der Waals surface area (Å²) in [7, 11) is 1.64. The van der Waals surface area contributed by atoms with Crippen molar-refractivity contribution in [3.63, 3.8) is 0 Å². The molecule has 25 heavy (non-hydrogen) atoms. The Morgan fingerprint density at radius 2 is 2.08 bits per heavy atom. The van der Waals surface area contributed by atoms with E-state index in [0.717, 1.165) is 5.56 Å². The fourth-order valence-corrected chi connectivity index (χ4v) is 2.57. The highest BCUT2D eigenvalue weighted by Crippen LogP contribution is 2.32. The maximum absolute atomic E-state index is 12.2. The number of esters is 1. The number of nitrogens with zero attached hydrogens (tertiary/aromatic N) is 2. The normalized spacial score (nSPS) is 13.1. The minimum atomic E-state index is -0.324. The van der Waals surface area contributed by atoms with Crippen LogP contribution in [0, 0.1) is 6.92 Å². The van der Waals surface area contributed by atoms with Gasteiger partial charge < -0.3 is 19.3 Å². The molecule has 0 fully saturated rings. The molecule has 0 aliphatic carbocycles. The van der Waals surface area contributed by atoms with Crippen LogP contribution in [0.4, 0.5) is 5.69 Å². The fourth-order valence-electron chi connectivity index (χ4n) is 2.57. The van der Waals surface area contributed by atoms with E-state index in [2.05, 4.69) is 0 Å². The van der Waals surface area contributed by atoms with E-state index >= 15 is 0 Å². The van der Waals surface area contributed by atoms with Gasteiger partial charge in [-0.15, -0.1) is 0 Å². The first-order valence-electron chi connectivity index (χ1n) is 8.35. The van der Waals surface area contributed by atoms with E-state index in [-0.39, 0.29) is 43.8 Å². The Kier molecular flexibility index (Phi) is 6.38. The molecule has 2 amide bonds. The number of ether oxygens (including phenoxy) is 2. The third-order valence-electron chi connectivity index (χ3n) is 3.99. The van der Waals surface area contributed by atoms with Gasteiger partial charge in [0.05, 0.1) is 18.7 Å². The van der Waals surface area contributed by atoms with E-state index in [0.29, 0.717) is 24.6 Å². The summed E-state index contributed by atoms with van der Waals surface area (Å²) >= 11 is 0. The molecule has 7 nitrogen and oxygen atoms in total. The maximum Gasteiger partial charge on any atom is 0.307 e. The van der Waals surface area contributed by atoms with Crippen molar-refractivity contribution in [2.24, 2.45) is 0 Å². The molecule has 1 aliphatic rings. The van der Waals surface area contributed by atoms with Crippen molar-refractivity contribution in [1.82, 2.24) is 4.90 Å². The Morgan fingerprint density at radius 3 is 2.80 bits per heavy atom. The van der Waals surface area contributed by atoms with Gasteiger partial charge in [0, 0.05) is 26.6 Å². The second-order valence-electron chi connectivity index (χ2n) is 5.93. The molecule has 0 N–H and O–H groups in total. The van der Waals surface area contributed by atoms with Crippen LogP contribution in [0.5, 0.6) is 5.75 Å². The Bertz CT molecular complexity index is 659. The molecule has 0 saturated heterocycles. The highest BCUT2D eigenvalue weighted by Gasteiger charge is 2.26. The lowest BCUT2D eigenvalue weighted by atomic mass is 10.1. The van der Waals surface area contributed by atoms with Gasteiger partial charge in [-0.1, -0.05) is 6.07 Å². The summed E-state index contributed by atoms with van der Waals surface area (Å²) in [5.41, 5.74) is 1.71. The summed E-state index contributed by atoms with van der Waals surface area (Å²) < 4.78 is 10.3. The lowest BCUT2D eigenvalue weighted by Crippen LogP contribution is -2.41. The predicted octanol–water partition coefficient (Wildman–Crippen LogP) is 1.52. The molecule has 0 bridgehead atoms. The highest BCUT2D eigenvalue weighted by molar-refractivity contribution is 5.98. The van der Waals surface area contributed by atoms with Gasteiger partial charge in [0.15, 0.2) is 6.61 Å². The van der Waals surface area contributed by atoms with Crippen LogP contribution in [0.15, 0.2) is 18.2 Å². The van der Waals surface area contributed by atoms with Gasteiger partial charge in [-0.25, -0.2) is 0 Å². The van der Waals surface area contributed by atoms with E-state index in [1.807, 2.05) is 25.1 Å². The van der Waals surface area contributed by atoms with Gasteiger partial charge in [-0.05, 0) is 31.5 Å². The quantitative estimate of drug-likeness (QED) is 0.699. The molecule has 1 heterocycles. The fraction of sp³-hybridized carbons (Fsp3) is 0.500. The van der Waals surface area contributed by atoms with Crippen LogP contribution < -0.4 is 9.64 Å². The lowest BCUT2D eigenvalue weighted by Gasteiger charge is -2.30. The number of amides is 2. The minimum Gasteiger partial charge on any atom is -0.482 e. The van der Waals surface area contributed by atoms with Crippen molar-refractivity contribution in [1.29, 1.82) is 0 Å². The number of hydrogen-bond acceptors (Lipinski definition) is 5. The summed E-state index contributed by atoms with van der Waals surface area (Å²) in [5, 5.41) is 0. The Morgan fingerprint density at radius 1 is 1.32 bits per heavy atom. The first-order valence-corrected chi connectivity index (χ1v) is 8.35. The standard InChI is InChI=1S/C18H24N2O5/c1-4-24-18(23)8-9-19(3)16(21)7-10-20-14-11-13(2)5-6-15(14)25-12-17(20)22/h5-6,11H,4,7-10,12H2,1-3H3. The molecule has 0 atom stereocenters. The van der Waals surface area contributed by atoms with Crippen LogP contribution in [0.3, 0.4) is 0 Å². The first-order chi connectivity index (χ1) is 11.9. The summed E-state index contributed by atoms with van der Waals surface area (Å²) in [6, 6.07) is 5.62. The van der Waals surface area contributed by atoms with Crippen molar-refractivity contribution < 1.29 is 23.9 Å². The number of benzene rings is 1. The van der Waals surface area contributed by atoms with Gasteiger partial charge in [-0.3, -0.25) is 14.4 Å². The highest BCUT2D eigenvalue weighted by atomic mass is 16.5. The first kappa shape index (κ1) is 18.8. The molecule has 0 spiro atoms. The summed E-state index contributed by atoms with van der Waals surface area (Å²) in [5.74, 6) is 0.0288. The zero-order valence-corrected chi connectivity index (χ0v) is 14.9. The molecule has 2 rings (SSSR count). The van der Waals surface area contributed by atoms with Crippen molar-refractivity contribution in [2.75, 3.05) is 38.3 Å². The monoisotopic (exact) mass is 348 g/mol. The van der Waals surface area contributed by atoms with E-state index in [1.54, 1.807) is 18.9 Å². The van der Waals surface area contributed by atoms with E-state index in [4.69, 9.17) is 9.47 Å². The average Bonchev–Trinajstić information content (AvgIpc) is 2.58. The van der Waals surface area contributed by atoms with E-state index in [9.17, 15) is 14.4 Å². The second-order valence-corrected chi connectivity index (χ2v) is 5.93. The van der Waals surface area contributed by atoms with Crippen molar-refractivity contribution in [3.05, 3.63) is 23.8 Å². The van der Waals surface area contributed by atoms with E-state index < -0.39 is 0 Å². The van der Waals surface area contributed by atoms with Gasteiger partial charge in [0.1, 0.15) is 5.75 Å². The predicted molar refractivity (Wildman–Crippen MR) is 92.5 cm³/mol. The zero-order valence-electron chi connectivity index (χ0n) is 14.9. The molecular weight excluding hydrogens is 324 g/mol. The summed E-state index contributed by atoms with van der Waals surface area (Å²) in [6.07, 6.45) is 0.340. The lowest BCUT2D eigenvalue weighted by molar-refractivity contribution is -0.143.